The molecule has 9 rings (SSSR count). The van der Waals surface area contributed by atoms with E-state index in [1.165, 1.54) is 0 Å². The molecule has 284 valence electrons. The van der Waals surface area contributed by atoms with Crippen molar-refractivity contribution in [1.29, 1.82) is 0 Å². The Morgan fingerprint density at radius 1 is 0.203 bits per heavy atom. The van der Waals surface area contributed by atoms with Gasteiger partial charge in [0.2, 0.25) is 0 Å². The highest BCUT2D eigenvalue weighted by molar-refractivity contribution is 6.33. The van der Waals surface area contributed by atoms with E-state index in [1.807, 2.05) is 42.5 Å². The van der Waals surface area contributed by atoms with Crippen molar-refractivity contribution in [3.63, 3.8) is 0 Å². The van der Waals surface area contributed by atoms with Crippen LogP contribution in [0.5, 0.6) is 0 Å². The van der Waals surface area contributed by atoms with Crippen LogP contribution in [0.1, 0.15) is 0 Å². The molecule has 0 amide bonds. The number of rotatable bonds is 12. The van der Waals surface area contributed by atoms with E-state index in [0.717, 1.165) is 68.2 Å². The van der Waals surface area contributed by atoms with Crippen LogP contribution in [0.4, 0.5) is 68.2 Å². The lowest BCUT2D eigenvalue weighted by Crippen LogP contribution is -2.14. The number of halogens is 1. The second-order valence-corrected chi connectivity index (χ2v) is 14.4. The van der Waals surface area contributed by atoms with Crippen LogP contribution in [0.25, 0.3) is 0 Å². The molecule has 0 aromatic heterocycles. The smallest absolute Gasteiger partial charge is 0.0668 e. The van der Waals surface area contributed by atoms with Gasteiger partial charge in [0.15, 0.2) is 0 Å². The molecule has 0 saturated carbocycles. The minimum atomic E-state index is 0.640. The first-order valence-corrected chi connectivity index (χ1v) is 20.1. The molecule has 0 saturated heterocycles. The topological polar surface area (TPSA) is 13.0 Å². The van der Waals surface area contributed by atoms with Gasteiger partial charge in [-0.15, -0.1) is 0 Å². The number of para-hydroxylation sites is 6. The molecule has 9 aromatic rings. The summed E-state index contributed by atoms with van der Waals surface area (Å²) in [5.74, 6) is 0. The Balaban J connectivity index is 1.12. The van der Waals surface area contributed by atoms with E-state index in [0.29, 0.717) is 5.02 Å². The Kier molecular flexibility index (Phi) is 10.9. The molecule has 0 atom stereocenters. The molecule has 0 aliphatic heterocycles. The van der Waals surface area contributed by atoms with Crippen molar-refractivity contribution in [2.75, 3.05) is 19.6 Å². The van der Waals surface area contributed by atoms with E-state index >= 15 is 0 Å². The van der Waals surface area contributed by atoms with Gasteiger partial charge in [-0.1, -0.05) is 121 Å². The normalized spacial score (nSPS) is 10.8. The van der Waals surface area contributed by atoms with E-state index in [4.69, 9.17) is 11.6 Å². The van der Waals surface area contributed by atoms with Crippen molar-refractivity contribution in [2.45, 2.75) is 0 Å². The van der Waals surface area contributed by atoms with Crippen LogP contribution in [0.2, 0.25) is 5.02 Å². The predicted octanol–water partition coefficient (Wildman–Crippen LogP) is 16.2. The summed E-state index contributed by atoms with van der Waals surface area (Å²) in [5, 5.41) is 0.640. The molecule has 0 radical (unpaired) electrons. The maximum Gasteiger partial charge on any atom is 0.0668 e. The summed E-state index contributed by atoms with van der Waals surface area (Å²) in [6.45, 7) is 0. The lowest BCUT2D eigenvalue weighted by Gasteiger charge is -2.31. The highest BCUT2D eigenvalue weighted by atomic mass is 35.5. The first-order chi connectivity index (χ1) is 29.2. The van der Waals surface area contributed by atoms with Crippen LogP contribution >= 0.6 is 11.6 Å². The van der Waals surface area contributed by atoms with Gasteiger partial charge in [0.25, 0.3) is 0 Å². The minimum Gasteiger partial charge on any atom is -0.311 e. The quantitative estimate of drug-likeness (QED) is 0.122. The second-order valence-electron chi connectivity index (χ2n) is 14.0. The van der Waals surface area contributed by atoms with Crippen molar-refractivity contribution in [3.05, 3.63) is 254 Å². The Hall–Kier alpha value is -7.53. The van der Waals surface area contributed by atoms with Crippen LogP contribution in [0, 0.1) is 0 Å². The van der Waals surface area contributed by atoms with Gasteiger partial charge in [-0.05, 0) is 140 Å². The molecule has 0 unspecified atom stereocenters. The van der Waals surface area contributed by atoms with Gasteiger partial charge in [-0.25, -0.2) is 0 Å². The number of benzene rings is 9. The van der Waals surface area contributed by atoms with Gasteiger partial charge in [0.1, 0.15) is 0 Å². The number of hydrogen-bond donors (Lipinski definition) is 0. The molecule has 0 fully saturated rings. The third-order valence-corrected chi connectivity index (χ3v) is 10.6. The van der Waals surface area contributed by atoms with Gasteiger partial charge in [0, 0.05) is 62.6 Å². The van der Waals surface area contributed by atoms with Crippen molar-refractivity contribution >= 4 is 79.8 Å². The SMILES string of the molecule is Clc1ccc(N(c2ccccc2)c2ccc(N(c3ccccc3)c3ccccc3)cc2)cc1N(c1ccccc1)c1ccc(N(c2ccccc2)c2ccccc2)cc1. The zero-order valence-electron chi connectivity index (χ0n) is 32.3. The molecule has 5 heteroatoms. The van der Waals surface area contributed by atoms with Gasteiger partial charge in [-0.3, -0.25) is 0 Å². The van der Waals surface area contributed by atoms with Crippen molar-refractivity contribution in [2.24, 2.45) is 0 Å². The number of hydrogen-bond acceptors (Lipinski definition) is 4. The van der Waals surface area contributed by atoms with Crippen LogP contribution in [0.3, 0.4) is 0 Å². The standard InChI is InChI=1S/C54H41ClN4/c55-53-40-39-52(58(46-27-15-5-16-28-46)50-33-31-48(32-34-50)56(42-19-7-1-8-20-42)43-21-9-2-10-22-43)41-54(53)59(47-29-17-6-18-30-47)51-37-35-49(36-38-51)57(44-23-11-3-12-24-44)45-25-13-4-14-26-45/h1-41H. The Labute approximate surface area is 351 Å². The molecule has 59 heavy (non-hydrogen) atoms. The first kappa shape index (κ1) is 37.1. The molecule has 4 nitrogen and oxygen atoms in total. The molecule has 0 N–H and O–H groups in total. The highest BCUT2D eigenvalue weighted by Gasteiger charge is 2.21. The monoisotopic (exact) mass is 780 g/mol. The highest BCUT2D eigenvalue weighted by Crippen LogP contribution is 2.45. The Morgan fingerprint density at radius 3 is 0.695 bits per heavy atom. The van der Waals surface area contributed by atoms with Crippen LogP contribution in [0.15, 0.2) is 249 Å². The second kappa shape index (κ2) is 17.3. The number of nitrogens with zero attached hydrogens (tertiary/aromatic N) is 4. The predicted molar refractivity (Wildman–Crippen MR) is 250 cm³/mol. The van der Waals surface area contributed by atoms with E-state index in [-0.39, 0.29) is 0 Å². The van der Waals surface area contributed by atoms with Gasteiger partial charge in [-0.2, -0.15) is 0 Å². The summed E-state index contributed by atoms with van der Waals surface area (Å²) in [6, 6.07) is 86.5. The minimum absolute atomic E-state index is 0.640. The van der Waals surface area contributed by atoms with Gasteiger partial charge < -0.3 is 19.6 Å². The zero-order valence-corrected chi connectivity index (χ0v) is 33.1. The average Bonchev–Trinajstić information content (AvgIpc) is 3.31. The Bertz CT molecular complexity index is 2620. The van der Waals surface area contributed by atoms with Gasteiger partial charge in [0.05, 0.1) is 10.7 Å². The summed E-state index contributed by atoms with van der Waals surface area (Å²) in [5.41, 5.74) is 12.4. The lowest BCUT2D eigenvalue weighted by molar-refractivity contribution is 1.23. The average molecular weight is 781 g/mol. The third-order valence-electron chi connectivity index (χ3n) is 10.2. The van der Waals surface area contributed by atoms with E-state index < -0.39 is 0 Å². The fraction of sp³-hybridized carbons (Fsp3) is 0. The summed E-state index contributed by atoms with van der Waals surface area (Å²) in [6.07, 6.45) is 0. The number of anilines is 12. The van der Waals surface area contributed by atoms with Crippen molar-refractivity contribution < 1.29 is 0 Å². The molecule has 0 heterocycles. The fourth-order valence-electron chi connectivity index (χ4n) is 7.54. The molecular formula is C54H41ClN4. The largest absolute Gasteiger partial charge is 0.311 e. The van der Waals surface area contributed by atoms with Crippen LogP contribution in [-0.4, -0.2) is 0 Å². The summed E-state index contributed by atoms with van der Waals surface area (Å²) >= 11 is 7.23. The Morgan fingerprint density at radius 2 is 0.407 bits per heavy atom. The summed E-state index contributed by atoms with van der Waals surface area (Å²) < 4.78 is 0. The maximum absolute atomic E-state index is 7.23. The van der Waals surface area contributed by atoms with E-state index in [1.54, 1.807) is 0 Å². The van der Waals surface area contributed by atoms with Crippen molar-refractivity contribution in [3.8, 4) is 0 Å². The van der Waals surface area contributed by atoms with Gasteiger partial charge >= 0.3 is 0 Å². The molecule has 0 spiro atoms. The van der Waals surface area contributed by atoms with E-state index in [2.05, 4.69) is 226 Å². The maximum atomic E-state index is 7.23. The molecule has 9 aromatic carbocycles. The summed E-state index contributed by atoms with van der Waals surface area (Å²) in [4.78, 5) is 9.06. The van der Waals surface area contributed by atoms with Crippen LogP contribution < -0.4 is 19.6 Å². The molecule has 0 aliphatic carbocycles. The molecule has 0 bridgehead atoms. The first-order valence-electron chi connectivity index (χ1n) is 19.7. The third kappa shape index (κ3) is 8.04. The summed E-state index contributed by atoms with van der Waals surface area (Å²) in [7, 11) is 0. The van der Waals surface area contributed by atoms with E-state index in [9.17, 15) is 0 Å². The zero-order chi connectivity index (χ0) is 39.8. The molecular weight excluding hydrogens is 740 g/mol. The lowest BCUT2D eigenvalue weighted by atomic mass is 10.1. The van der Waals surface area contributed by atoms with Crippen molar-refractivity contribution in [1.82, 2.24) is 0 Å². The molecule has 0 aliphatic rings. The fourth-order valence-corrected chi connectivity index (χ4v) is 7.75. The van der Waals surface area contributed by atoms with Crippen LogP contribution in [-0.2, 0) is 0 Å².